The molecule has 0 fully saturated rings. The first kappa shape index (κ1) is 19.3. The average Bonchev–Trinajstić information content (AvgIpc) is 3.53. The van der Waals surface area contributed by atoms with E-state index in [0.29, 0.717) is 22.9 Å². The number of benzene rings is 2. The summed E-state index contributed by atoms with van der Waals surface area (Å²) >= 11 is 6.41. The molecule has 1 aliphatic heterocycles. The molecule has 0 radical (unpaired) electrons. The molecule has 0 bridgehead atoms. The second-order valence-electron chi connectivity index (χ2n) is 7.30. The van der Waals surface area contributed by atoms with Gasteiger partial charge in [0.2, 0.25) is 5.91 Å². The number of carbonyl (C=O) groups is 1. The topological polar surface area (TPSA) is 63.6 Å². The zero-order valence-electron chi connectivity index (χ0n) is 16.8. The highest BCUT2D eigenvalue weighted by Crippen LogP contribution is 2.39. The first-order chi connectivity index (χ1) is 15.1. The normalized spacial score (nSPS) is 15.9. The number of para-hydroxylation sites is 1. The zero-order valence-corrected chi connectivity index (χ0v) is 17.5. The van der Waals surface area contributed by atoms with E-state index in [1.165, 1.54) is 11.9 Å². The van der Waals surface area contributed by atoms with Crippen LogP contribution in [0.5, 0.6) is 0 Å². The van der Waals surface area contributed by atoms with Crippen LogP contribution >= 0.6 is 11.6 Å². The largest absolute Gasteiger partial charge is 0.463 e. The minimum absolute atomic E-state index is 0.148. The number of carbonyl (C=O) groups excluding carboxylic acids is 1. The number of rotatable bonds is 4. The number of aromatic nitrogens is 2. The van der Waals surface area contributed by atoms with Crippen molar-refractivity contribution >= 4 is 23.2 Å². The molecular weight excluding hydrogens is 412 g/mol. The zero-order chi connectivity index (χ0) is 21.4. The molecule has 0 spiro atoms. The number of hydrogen-bond acceptors (Lipinski definition) is 4. The molecule has 0 saturated heterocycles. The van der Waals surface area contributed by atoms with Gasteiger partial charge in [-0.2, -0.15) is 10.2 Å². The van der Waals surface area contributed by atoms with E-state index in [4.69, 9.17) is 21.1 Å². The lowest BCUT2D eigenvalue weighted by Gasteiger charge is -2.19. The van der Waals surface area contributed by atoms with E-state index in [1.807, 2.05) is 72.9 Å². The van der Waals surface area contributed by atoms with Crippen LogP contribution in [0.15, 0.2) is 88.7 Å². The van der Waals surface area contributed by atoms with Crippen LogP contribution < -0.4 is 0 Å². The Bertz CT molecular complexity index is 1260. The van der Waals surface area contributed by atoms with Crippen LogP contribution in [0.1, 0.15) is 30.5 Å². The summed E-state index contributed by atoms with van der Waals surface area (Å²) in [5.74, 6) is 0.490. The Hall–Kier alpha value is -3.64. The Labute approximate surface area is 184 Å². The lowest BCUT2D eigenvalue weighted by molar-refractivity contribution is -0.130. The molecule has 4 aromatic rings. The van der Waals surface area contributed by atoms with Gasteiger partial charge < -0.3 is 4.42 Å². The van der Waals surface area contributed by atoms with Gasteiger partial charge in [-0.3, -0.25) is 4.79 Å². The Morgan fingerprint density at radius 1 is 1.06 bits per heavy atom. The summed E-state index contributed by atoms with van der Waals surface area (Å²) in [5.41, 5.74) is 4.05. The van der Waals surface area contributed by atoms with Crippen LogP contribution in [0.3, 0.4) is 0 Å². The lowest BCUT2D eigenvalue weighted by atomic mass is 9.98. The molecule has 0 saturated carbocycles. The van der Waals surface area contributed by atoms with Crippen molar-refractivity contribution in [3.8, 4) is 17.1 Å². The van der Waals surface area contributed by atoms with Crippen LogP contribution in [-0.4, -0.2) is 26.4 Å². The van der Waals surface area contributed by atoms with Crippen molar-refractivity contribution < 1.29 is 9.21 Å². The third-order valence-corrected chi connectivity index (χ3v) is 5.62. The molecule has 7 heteroatoms. The van der Waals surface area contributed by atoms with Crippen molar-refractivity contribution in [3.63, 3.8) is 0 Å². The maximum atomic E-state index is 12.5. The summed E-state index contributed by atoms with van der Waals surface area (Å²) in [4.78, 5) is 12.5. The number of halogens is 1. The predicted octanol–water partition coefficient (Wildman–Crippen LogP) is 5.48. The van der Waals surface area contributed by atoms with Gasteiger partial charge in [-0.05, 0) is 30.3 Å². The number of hydrazone groups is 1. The molecule has 0 N–H and O–H groups in total. The van der Waals surface area contributed by atoms with Crippen molar-refractivity contribution in [3.05, 3.63) is 95.3 Å². The molecule has 1 atom stereocenters. The van der Waals surface area contributed by atoms with E-state index in [0.717, 1.165) is 22.5 Å². The van der Waals surface area contributed by atoms with Gasteiger partial charge in [0, 0.05) is 35.7 Å². The van der Waals surface area contributed by atoms with Gasteiger partial charge in [0.25, 0.3) is 0 Å². The highest BCUT2D eigenvalue weighted by molar-refractivity contribution is 6.34. The van der Waals surface area contributed by atoms with Gasteiger partial charge in [0.05, 0.1) is 23.7 Å². The maximum Gasteiger partial charge on any atom is 0.240 e. The molecule has 2 aromatic heterocycles. The van der Waals surface area contributed by atoms with Crippen LogP contribution in [0.25, 0.3) is 17.1 Å². The standard InChI is InChI=1S/C24H19ClN4O2/c1-16(30)29-22(14-21(26-29)18-10-5-6-11-20(18)25)19-15-28(17-8-3-2-4-9-17)27-24(19)23-12-7-13-31-23/h2-13,15,22H,14H2,1H3/t22-/m0/s1. The van der Waals surface area contributed by atoms with E-state index < -0.39 is 0 Å². The first-order valence-electron chi connectivity index (χ1n) is 9.93. The summed E-state index contributed by atoms with van der Waals surface area (Å²) in [5, 5.41) is 11.5. The predicted molar refractivity (Wildman–Crippen MR) is 119 cm³/mol. The van der Waals surface area contributed by atoms with Gasteiger partial charge in [-0.1, -0.05) is 48.0 Å². The van der Waals surface area contributed by atoms with E-state index in [2.05, 4.69) is 5.10 Å². The van der Waals surface area contributed by atoms with Crippen LogP contribution in [-0.2, 0) is 4.79 Å². The Kier molecular flexibility index (Phi) is 4.92. The van der Waals surface area contributed by atoms with Gasteiger partial charge in [-0.25, -0.2) is 9.69 Å². The first-order valence-corrected chi connectivity index (χ1v) is 10.3. The summed E-state index contributed by atoms with van der Waals surface area (Å²) in [6.45, 7) is 1.51. The summed E-state index contributed by atoms with van der Waals surface area (Å²) in [6, 6.07) is 20.7. The fourth-order valence-corrected chi connectivity index (χ4v) is 4.09. The molecule has 3 heterocycles. The van der Waals surface area contributed by atoms with Gasteiger partial charge in [-0.15, -0.1) is 0 Å². The monoisotopic (exact) mass is 430 g/mol. The summed E-state index contributed by atoms with van der Waals surface area (Å²) < 4.78 is 7.46. The smallest absolute Gasteiger partial charge is 0.240 e. The highest BCUT2D eigenvalue weighted by atomic mass is 35.5. The van der Waals surface area contributed by atoms with Gasteiger partial charge >= 0.3 is 0 Å². The second-order valence-corrected chi connectivity index (χ2v) is 7.71. The van der Waals surface area contributed by atoms with E-state index >= 15 is 0 Å². The Balaban J connectivity index is 1.61. The number of furan rings is 1. The van der Waals surface area contributed by atoms with Gasteiger partial charge in [0.1, 0.15) is 5.69 Å². The molecular formula is C24H19ClN4O2. The molecule has 6 nitrogen and oxygen atoms in total. The average molecular weight is 431 g/mol. The summed E-state index contributed by atoms with van der Waals surface area (Å²) in [6.07, 6.45) is 4.08. The molecule has 0 aliphatic carbocycles. The maximum absolute atomic E-state index is 12.5. The number of hydrogen-bond donors (Lipinski definition) is 0. The highest BCUT2D eigenvalue weighted by Gasteiger charge is 2.35. The molecule has 1 amide bonds. The van der Waals surface area contributed by atoms with Crippen LogP contribution in [0.2, 0.25) is 5.02 Å². The third kappa shape index (κ3) is 3.55. The third-order valence-electron chi connectivity index (χ3n) is 5.29. The molecule has 5 rings (SSSR count). The number of nitrogens with zero attached hydrogens (tertiary/aromatic N) is 4. The molecule has 1 aliphatic rings. The second kappa shape index (κ2) is 7.89. The quantitative estimate of drug-likeness (QED) is 0.430. The lowest BCUT2D eigenvalue weighted by Crippen LogP contribution is -2.24. The van der Waals surface area contributed by atoms with Crippen molar-refractivity contribution in [1.82, 2.24) is 14.8 Å². The van der Waals surface area contributed by atoms with Crippen LogP contribution in [0.4, 0.5) is 0 Å². The van der Waals surface area contributed by atoms with Crippen molar-refractivity contribution in [2.24, 2.45) is 5.10 Å². The van der Waals surface area contributed by atoms with Gasteiger partial charge in [0.15, 0.2) is 5.76 Å². The minimum atomic E-state index is -0.318. The molecule has 2 aromatic carbocycles. The van der Waals surface area contributed by atoms with E-state index in [1.54, 1.807) is 10.9 Å². The molecule has 154 valence electrons. The Morgan fingerprint density at radius 3 is 2.55 bits per heavy atom. The van der Waals surface area contributed by atoms with Crippen molar-refractivity contribution in [2.75, 3.05) is 0 Å². The van der Waals surface area contributed by atoms with Crippen LogP contribution in [0, 0.1) is 0 Å². The number of amides is 1. The minimum Gasteiger partial charge on any atom is -0.463 e. The van der Waals surface area contributed by atoms with E-state index in [-0.39, 0.29) is 11.9 Å². The van der Waals surface area contributed by atoms with Crippen molar-refractivity contribution in [1.29, 1.82) is 0 Å². The fraction of sp³-hybridized carbons (Fsp3) is 0.125. The van der Waals surface area contributed by atoms with E-state index in [9.17, 15) is 4.79 Å². The molecule has 0 unspecified atom stereocenters. The van der Waals surface area contributed by atoms with Crippen molar-refractivity contribution in [2.45, 2.75) is 19.4 Å². The SMILES string of the molecule is CC(=O)N1N=C(c2ccccc2Cl)C[C@H]1c1cn(-c2ccccc2)nc1-c1ccco1. The fourth-order valence-electron chi connectivity index (χ4n) is 3.85. The summed E-state index contributed by atoms with van der Waals surface area (Å²) in [7, 11) is 0. The molecule has 31 heavy (non-hydrogen) atoms. The Morgan fingerprint density at radius 2 is 1.84 bits per heavy atom.